The lowest BCUT2D eigenvalue weighted by atomic mass is 10.4. The highest BCUT2D eigenvalue weighted by molar-refractivity contribution is 5.75. The minimum absolute atomic E-state index is 0.230. The smallest absolute Gasteiger partial charge is 0.317 e. The van der Waals surface area contributed by atoms with Crippen LogP contribution in [0.4, 0.5) is 9.59 Å². The van der Waals surface area contributed by atoms with Crippen molar-refractivity contribution in [3.63, 3.8) is 0 Å². The number of nitrogens with two attached hydrogens (primary N) is 1. The summed E-state index contributed by atoms with van der Waals surface area (Å²) in [5.41, 5.74) is 4.91. The van der Waals surface area contributed by atoms with Gasteiger partial charge in [0, 0.05) is 26.2 Å². The molecule has 4 N–H and O–H groups in total. The largest absolute Gasteiger partial charge is 0.352 e. The zero-order chi connectivity index (χ0) is 12.4. The molecule has 4 amide bonds. The van der Waals surface area contributed by atoms with E-state index in [9.17, 15) is 9.59 Å². The topological polar surface area (TPSA) is 87.5 Å². The first-order chi connectivity index (χ1) is 7.61. The van der Waals surface area contributed by atoms with Crippen LogP contribution in [0.2, 0.25) is 0 Å². The molecule has 0 aliphatic carbocycles. The Hall–Kier alpha value is -1.98. The maximum Gasteiger partial charge on any atom is 0.317 e. The van der Waals surface area contributed by atoms with Gasteiger partial charge in [-0.05, 0) is 0 Å². The standard InChI is InChI=1S/C10H18N4O2/c1-3-5-13-10(16)14(7-4-2)8-6-12-9(11)15/h3-4H,1-2,5-8H2,(H,13,16)(H3,11,12,15). The average Bonchev–Trinajstić information content (AvgIpc) is 2.24. The third-order valence-corrected chi connectivity index (χ3v) is 1.72. The molecule has 90 valence electrons. The first kappa shape index (κ1) is 14.0. The summed E-state index contributed by atoms with van der Waals surface area (Å²) in [4.78, 5) is 23.5. The number of primary amides is 1. The summed E-state index contributed by atoms with van der Waals surface area (Å²) >= 11 is 0. The number of rotatable bonds is 7. The van der Waals surface area contributed by atoms with E-state index in [0.29, 0.717) is 26.2 Å². The van der Waals surface area contributed by atoms with Crippen molar-refractivity contribution < 1.29 is 9.59 Å². The van der Waals surface area contributed by atoms with Crippen molar-refractivity contribution in [2.45, 2.75) is 0 Å². The van der Waals surface area contributed by atoms with Gasteiger partial charge in [-0.2, -0.15) is 0 Å². The third kappa shape index (κ3) is 6.47. The summed E-state index contributed by atoms with van der Waals surface area (Å²) in [5.74, 6) is 0. The fraction of sp³-hybridized carbons (Fsp3) is 0.400. The van der Waals surface area contributed by atoms with Gasteiger partial charge in [-0.25, -0.2) is 9.59 Å². The van der Waals surface area contributed by atoms with Crippen molar-refractivity contribution >= 4 is 12.1 Å². The Morgan fingerprint density at radius 3 is 2.44 bits per heavy atom. The molecule has 0 bridgehead atoms. The highest BCUT2D eigenvalue weighted by Crippen LogP contribution is 1.89. The number of carbonyl (C=O) groups is 2. The molecule has 6 nitrogen and oxygen atoms in total. The lowest BCUT2D eigenvalue weighted by Crippen LogP contribution is -2.44. The van der Waals surface area contributed by atoms with E-state index in [2.05, 4.69) is 23.8 Å². The molecule has 0 saturated carbocycles. The molecule has 0 aliphatic heterocycles. The number of carbonyl (C=O) groups excluding carboxylic acids is 2. The van der Waals surface area contributed by atoms with Gasteiger partial charge in [-0.3, -0.25) is 0 Å². The van der Waals surface area contributed by atoms with Crippen molar-refractivity contribution in [2.75, 3.05) is 26.2 Å². The van der Waals surface area contributed by atoms with Crippen LogP contribution in [0.1, 0.15) is 0 Å². The van der Waals surface area contributed by atoms with Crippen molar-refractivity contribution in [1.82, 2.24) is 15.5 Å². The van der Waals surface area contributed by atoms with Crippen LogP contribution in [-0.4, -0.2) is 43.1 Å². The SMILES string of the molecule is C=CCNC(=O)N(CC=C)CCNC(N)=O. The Labute approximate surface area is 95.2 Å². The van der Waals surface area contributed by atoms with Gasteiger partial charge >= 0.3 is 12.1 Å². The van der Waals surface area contributed by atoms with Crippen molar-refractivity contribution in [2.24, 2.45) is 5.73 Å². The first-order valence-electron chi connectivity index (χ1n) is 4.89. The average molecular weight is 226 g/mol. The molecule has 6 heteroatoms. The van der Waals surface area contributed by atoms with Gasteiger partial charge in [0.15, 0.2) is 0 Å². The van der Waals surface area contributed by atoms with E-state index in [1.165, 1.54) is 4.90 Å². The molecule has 0 atom stereocenters. The van der Waals surface area contributed by atoms with Crippen LogP contribution in [0.25, 0.3) is 0 Å². The van der Waals surface area contributed by atoms with E-state index >= 15 is 0 Å². The van der Waals surface area contributed by atoms with Crippen molar-refractivity contribution in [3.8, 4) is 0 Å². The molecule has 0 heterocycles. The fourth-order valence-electron chi connectivity index (χ4n) is 1.02. The predicted molar refractivity (Wildman–Crippen MR) is 63.0 cm³/mol. The van der Waals surface area contributed by atoms with Crippen LogP contribution < -0.4 is 16.4 Å². The summed E-state index contributed by atoms with van der Waals surface area (Å²) in [6.07, 6.45) is 3.20. The molecule has 0 unspecified atom stereocenters. The van der Waals surface area contributed by atoms with Crippen LogP contribution in [0.15, 0.2) is 25.3 Å². The van der Waals surface area contributed by atoms with Crippen LogP contribution >= 0.6 is 0 Å². The Morgan fingerprint density at radius 2 is 1.94 bits per heavy atom. The van der Waals surface area contributed by atoms with Gasteiger partial charge in [-0.1, -0.05) is 12.2 Å². The maximum absolute atomic E-state index is 11.5. The van der Waals surface area contributed by atoms with Crippen molar-refractivity contribution in [3.05, 3.63) is 25.3 Å². The van der Waals surface area contributed by atoms with Gasteiger partial charge in [0.25, 0.3) is 0 Å². The lowest BCUT2D eigenvalue weighted by Gasteiger charge is -2.21. The van der Waals surface area contributed by atoms with Crippen LogP contribution in [0.3, 0.4) is 0 Å². The van der Waals surface area contributed by atoms with Crippen LogP contribution in [-0.2, 0) is 0 Å². The van der Waals surface area contributed by atoms with E-state index in [0.717, 1.165) is 0 Å². The number of urea groups is 2. The molecule has 0 aliphatic rings. The lowest BCUT2D eigenvalue weighted by molar-refractivity contribution is 0.204. The molecule has 0 rings (SSSR count). The Morgan fingerprint density at radius 1 is 1.25 bits per heavy atom. The number of nitrogens with zero attached hydrogens (tertiary/aromatic N) is 1. The summed E-state index contributed by atoms with van der Waals surface area (Å²) < 4.78 is 0. The molecule has 0 aromatic carbocycles. The number of hydrogen-bond acceptors (Lipinski definition) is 2. The molecule has 0 fully saturated rings. The third-order valence-electron chi connectivity index (χ3n) is 1.72. The Kier molecular flexibility index (Phi) is 7.31. The Balaban J connectivity index is 4.03. The van der Waals surface area contributed by atoms with E-state index in [1.54, 1.807) is 12.2 Å². The highest BCUT2D eigenvalue weighted by Gasteiger charge is 2.10. The molecular weight excluding hydrogens is 208 g/mol. The summed E-state index contributed by atoms with van der Waals surface area (Å²) in [5, 5.41) is 5.04. The van der Waals surface area contributed by atoms with E-state index in [4.69, 9.17) is 5.73 Å². The quantitative estimate of drug-likeness (QED) is 0.535. The number of nitrogens with one attached hydrogen (secondary N) is 2. The minimum Gasteiger partial charge on any atom is -0.352 e. The summed E-state index contributed by atoms with van der Waals surface area (Å²) in [7, 11) is 0. The first-order valence-corrected chi connectivity index (χ1v) is 4.89. The molecule has 0 radical (unpaired) electrons. The molecule has 0 spiro atoms. The van der Waals surface area contributed by atoms with Gasteiger partial charge in [0.1, 0.15) is 0 Å². The van der Waals surface area contributed by atoms with Crippen LogP contribution in [0, 0.1) is 0 Å². The Bertz CT molecular complexity index is 266. The van der Waals surface area contributed by atoms with E-state index in [-0.39, 0.29) is 6.03 Å². The van der Waals surface area contributed by atoms with E-state index < -0.39 is 6.03 Å². The molecular formula is C10H18N4O2. The molecule has 0 aromatic heterocycles. The second kappa shape index (κ2) is 8.34. The highest BCUT2D eigenvalue weighted by atomic mass is 16.2. The van der Waals surface area contributed by atoms with E-state index in [1.807, 2.05) is 0 Å². The molecule has 16 heavy (non-hydrogen) atoms. The molecule has 0 saturated heterocycles. The second-order valence-corrected chi connectivity index (χ2v) is 3.00. The zero-order valence-corrected chi connectivity index (χ0v) is 9.24. The normalized spacial score (nSPS) is 9.00. The summed E-state index contributed by atoms with van der Waals surface area (Å²) in [6.45, 7) is 8.54. The van der Waals surface area contributed by atoms with Gasteiger partial charge in [-0.15, -0.1) is 13.2 Å². The van der Waals surface area contributed by atoms with Gasteiger partial charge < -0.3 is 21.3 Å². The van der Waals surface area contributed by atoms with Crippen LogP contribution in [0.5, 0.6) is 0 Å². The maximum atomic E-state index is 11.5. The zero-order valence-electron chi connectivity index (χ0n) is 9.24. The monoisotopic (exact) mass is 226 g/mol. The molecule has 0 aromatic rings. The van der Waals surface area contributed by atoms with Gasteiger partial charge in [0.05, 0.1) is 0 Å². The summed E-state index contributed by atoms with van der Waals surface area (Å²) in [6, 6.07) is -0.837. The number of hydrogen-bond donors (Lipinski definition) is 3. The second-order valence-electron chi connectivity index (χ2n) is 3.00. The fourth-order valence-corrected chi connectivity index (χ4v) is 1.02. The van der Waals surface area contributed by atoms with Gasteiger partial charge in [0.2, 0.25) is 0 Å². The number of amides is 4. The predicted octanol–water partition coefficient (Wildman–Crippen LogP) is 0.0383. The minimum atomic E-state index is -0.606. The van der Waals surface area contributed by atoms with Crippen molar-refractivity contribution in [1.29, 1.82) is 0 Å².